The Hall–Kier alpha value is -1.89. The van der Waals surface area contributed by atoms with Crippen LogP contribution in [0.2, 0.25) is 0 Å². The minimum Gasteiger partial charge on any atom is -0.294 e. The fourth-order valence-corrected chi connectivity index (χ4v) is 2.30. The van der Waals surface area contributed by atoms with Crippen LogP contribution in [0.4, 0.5) is 0 Å². The lowest BCUT2D eigenvalue weighted by Gasteiger charge is -2.09. The highest BCUT2D eigenvalue weighted by Crippen LogP contribution is 2.17. The minimum absolute atomic E-state index is 0.240. The van der Waals surface area contributed by atoms with Crippen LogP contribution in [0.3, 0.4) is 0 Å². The van der Waals surface area contributed by atoms with E-state index in [-0.39, 0.29) is 5.78 Å². The lowest BCUT2D eigenvalue weighted by molar-refractivity contribution is 0.0982. The highest BCUT2D eigenvalue weighted by atomic mass is 16.1. The number of hydrogen-bond donors (Lipinski definition) is 0. The van der Waals surface area contributed by atoms with E-state index in [1.165, 1.54) is 16.7 Å². The van der Waals surface area contributed by atoms with Crippen molar-refractivity contribution in [1.29, 1.82) is 0 Å². The molecule has 0 amide bonds. The zero-order valence-corrected chi connectivity index (χ0v) is 11.9. The van der Waals surface area contributed by atoms with Crippen LogP contribution in [0.5, 0.6) is 0 Å². The van der Waals surface area contributed by atoms with Crippen LogP contribution in [0.15, 0.2) is 42.5 Å². The molecule has 0 N–H and O–H groups in total. The van der Waals surface area contributed by atoms with E-state index < -0.39 is 0 Å². The summed E-state index contributed by atoms with van der Waals surface area (Å²) < 4.78 is 0. The van der Waals surface area contributed by atoms with Gasteiger partial charge in [0.15, 0.2) is 5.78 Å². The maximum atomic E-state index is 12.3. The van der Waals surface area contributed by atoms with Crippen LogP contribution in [0.1, 0.15) is 39.0 Å². The molecule has 0 saturated carbocycles. The van der Waals surface area contributed by atoms with Crippen molar-refractivity contribution in [3.8, 4) is 0 Å². The molecule has 0 aliphatic carbocycles. The number of Topliss-reactive ketones (excluding diaryl/α,β-unsaturated/α-hetero) is 1. The van der Waals surface area contributed by atoms with Crippen molar-refractivity contribution in [1.82, 2.24) is 0 Å². The van der Waals surface area contributed by atoms with E-state index in [1.807, 2.05) is 31.2 Å². The van der Waals surface area contributed by atoms with E-state index in [0.717, 1.165) is 17.5 Å². The van der Waals surface area contributed by atoms with Crippen LogP contribution in [-0.2, 0) is 6.42 Å². The first kappa shape index (κ1) is 13.5. The van der Waals surface area contributed by atoms with E-state index in [4.69, 9.17) is 0 Å². The predicted octanol–water partition coefficient (Wildman–Crippen LogP) is 4.43. The molecule has 0 aromatic heterocycles. The summed E-state index contributed by atoms with van der Waals surface area (Å²) in [4.78, 5) is 12.3. The minimum atomic E-state index is 0.240. The molecule has 0 aliphatic rings. The van der Waals surface area contributed by atoms with Gasteiger partial charge in [-0.1, -0.05) is 36.4 Å². The Labute approximate surface area is 115 Å². The van der Waals surface area contributed by atoms with Crippen LogP contribution in [-0.4, -0.2) is 5.78 Å². The second-order valence-corrected chi connectivity index (χ2v) is 5.16. The molecule has 0 spiro atoms. The quantitative estimate of drug-likeness (QED) is 0.736. The van der Waals surface area contributed by atoms with Crippen molar-refractivity contribution < 1.29 is 4.79 Å². The fourth-order valence-electron chi connectivity index (χ4n) is 2.30. The molecule has 2 rings (SSSR count). The average molecular weight is 252 g/mol. The summed E-state index contributed by atoms with van der Waals surface area (Å²) in [6.45, 7) is 6.16. The second kappa shape index (κ2) is 5.83. The third-order valence-electron chi connectivity index (χ3n) is 3.62. The molecule has 0 atom stereocenters. The molecule has 2 aromatic rings. The number of hydrogen-bond acceptors (Lipinski definition) is 1. The fraction of sp³-hybridized carbons (Fsp3) is 0.278. The number of ketones is 1. The van der Waals surface area contributed by atoms with Gasteiger partial charge in [0.05, 0.1) is 0 Å². The summed E-state index contributed by atoms with van der Waals surface area (Å²) in [6, 6.07) is 14.3. The topological polar surface area (TPSA) is 17.1 Å². The van der Waals surface area contributed by atoms with Crippen LogP contribution >= 0.6 is 0 Å². The van der Waals surface area contributed by atoms with Gasteiger partial charge in [-0.3, -0.25) is 4.79 Å². The molecule has 0 aliphatic heterocycles. The van der Waals surface area contributed by atoms with E-state index in [9.17, 15) is 4.79 Å². The summed E-state index contributed by atoms with van der Waals surface area (Å²) in [5, 5.41) is 0. The average Bonchev–Trinajstić information content (AvgIpc) is 2.41. The summed E-state index contributed by atoms with van der Waals surface area (Å²) in [5.74, 6) is 0.240. The number of benzene rings is 2. The molecule has 1 heteroatoms. The van der Waals surface area contributed by atoms with Gasteiger partial charge in [-0.2, -0.15) is 0 Å². The largest absolute Gasteiger partial charge is 0.294 e. The molecule has 0 heterocycles. The number of carbonyl (C=O) groups is 1. The van der Waals surface area contributed by atoms with Crippen LogP contribution in [0, 0.1) is 20.8 Å². The SMILES string of the molecule is Cc1cc(C)c(C(=O)CCc2ccccc2)cc1C. The molecule has 0 radical (unpaired) electrons. The normalized spacial score (nSPS) is 10.5. The van der Waals surface area contributed by atoms with E-state index >= 15 is 0 Å². The molecule has 0 fully saturated rings. The first-order chi connectivity index (χ1) is 9.08. The smallest absolute Gasteiger partial charge is 0.163 e. The van der Waals surface area contributed by atoms with Crippen molar-refractivity contribution in [3.05, 3.63) is 70.3 Å². The van der Waals surface area contributed by atoms with E-state index in [1.54, 1.807) is 0 Å². The van der Waals surface area contributed by atoms with Gasteiger partial charge in [-0.05, 0) is 55.5 Å². The third-order valence-corrected chi connectivity index (χ3v) is 3.62. The Bertz CT molecular complexity index is 582. The first-order valence-electron chi connectivity index (χ1n) is 6.73. The Morgan fingerprint density at radius 2 is 1.53 bits per heavy atom. The molecule has 1 nitrogen and oxygen atoms in total. The number of aryl methyl sites for hydroxylation is 4. The Morgan fingerprint density at radius 3 is 2.21 bits per heavy atom. The van der Waals surface area contributed by atoms with Gasteiger partial charge in [0.25, 0.3) is 0 Å². The van der Waals surface area contributed by atoms with Crippen molar-refractivity contribution in [3.63, 3.8) is 0 Å². The summed E-state index contributed by atoms with van der Waals surface area (Å²) in [7, 11) is 0. The molecule has 0 bridgehead atoms. The van der Waals surface area contributed by atoms with E-state index in [0.29, 0.717) is 6.42 Å². The molecule has 98 valence electrons. The second-order valence-electron chi connectivity index (χ2n) is 5.16. The van der Waals surface area contributed by atoms with Gasteiger partial charge in [0, 0.05) is 12.0 Å². The molecule has 19 heavy (non-hydrogen) atoms. The van der Waals surface area contributed by atoms with Gasteiger partial charge in [0.1, 0.15) is 0 Å². The highest BCUT2D eigenvalue weighted by Gasteiger charge is 2.10. The molecular formula is C18H20O. The molecule has 0 saturated heterocycles. The molecule has 2 aromatic carbocycles. The van der Waals surface area contributed by atoms with Gasteiger partial charge < -0.3 is 0 Å². The summed E-state index contributed by atoms with van der Waals surface area (Å²) in [6.07, 6.45) is 1.39. The number of rotatable bonds is 4. The lowest BCUT2D eigenvalue weighted by atomic mass is 9.95. The highest BCUT2D eigenvalue weighted by molar-refractivity contribution is 5.97. The van der Waals surface area contributed by atoms with Crippen LogP contribution in [0.25, 0.3) is 0 Å². The van der Waals surface area contributed by atoms with E-state index in [2.05, 4.69) is 32.0 Å². The van der Waals surface area contributed by atoms with Gasteiger partial charge in [-0.25, -0.2) is 0 Å². The maximum Gasteiger partial charge on any atom is 0.163 e. The number of carbonyl (C=O) groups excluding carboxylic acids is 1. The third kappa shape index (κ3) is 3.31. The standard InChI is InChI=1S/C18H20O/c1-13-11-15(3)17(12-14(13)2)18(19)10-9-16-7-5-4-6-8-16/h4-8,11-12H,9-10H2,1-3H3. The van der Waals surface area contributed by atoms with Crippen molar-refractivity contribution in [2.24, 2.45) is 0 Å². The summed E-state index contributed by atoms with van der Waals surface area (Å²) >= 11 is 0. The first-order valence-corrected chi connectivity index (χ1v) is 6.73. The van der Waals surface area contributed by atoms with Crippen molar-refractivity contribution in [2.75, 3.05) is 0 Å². The van der Waals surface area contributed by atoms with Crippen LogP contribution < -0.4 is 0 Å². The Kier molecular flexibility index (Phi) is 4.16. The van der Waals surface area contributed by atoms with Gasteiger partial charge >= 0.3 is 0 Å². The zero-order chi connectivity index (χ0) is 13.8. The molecular weight excluding hydrogens is 232 g/mol. The predicted molar refractivity (Wildman–Crippen MR) is 79.7 cm³/mol. The zero-order valence-electron chi connectivity index (χ0n) is 11.9. The van der Waals surface area contributed by atoms with Gasteiger partial charge in [0.2, 0.25) is 0 Å². The van der Waals surface area contributed by atoms with Crippen molar-refractivity contribution in [2.45, 2.75) is 33.6 Å². The van der Waals surface area contributed by atoms with Crippen molar-refractivity contribution >= 4 is 5.78 Å². The Balaban J connectivity index is 2.10. The Morgan fingerprint density at radius 1 is 0.895 bits per heavy atom. The monoisotopic (exact) mass is 252 g/mol. The lowest BCUT2D eigenvalue weighted by Crippen LogP contribution is -2.04. The van der Waals surface area contributed by atoms with Gasteiger partial charge in [-0.15, -0.1) is 0 Å². The molecule has 0 unspecified atom stereocenters. The summed E-state index contributed by atoms with van der Waals surface area (Å²) in [5.41, 5.74) is 5.61. The maximum absolute atomic E-state index is 12.3.